The molecular formula is C11H19NO5. The molecule has 17 heavy (non-hydrogen) atoms. The van der Waals surface area contributed by atoms with Crippen molar-refractivity contribution in [2.75, 3.05) is 13.7 Å². The fraction of sp³-hybridized carbons (Fsp3) is 0.818. The average molecular weight is 245 g/mol. The van der Waals surface area contributed by atoms with Crippen LogP contribution in [0.5, 0.6) is 0 Å². The lowest BCUT2D eigenvalue weighted by Crippen LogP contribution is -2.51. The molecule has 0 radical (unpaired) electrons. The molecule has 0 saturated carbocycles. The van der Waals surface area contributed by atoms with E-state index in [2.05, 4.69) is 0 Å². The van der Waals surface area contributed by atoms with E-state index >= 15 is 0 Å². The molecule has 98 valence electrons. The highest BCUT2D eigenvalue weighted by Crippen LogP contribution is 2.25. The van der Waals surface area contributed by atoms with E-state index in [4.69, 9.17) is 9.84 Å². The number of rotatable bonds is 4. The van der Waals surface area contributed by atoms with Gasteiger partial charge in [-0.25, -0.2) is 4.79 Å². The summed E-state index contributed by atoms with van der Waals surface area (Å²) in [6.45, 7) is 3.47. The number of carbonyl (C=O) groups is 2. The van der Waals surface area contributed by atoms with E-state index in [1.165, 1.54) is 12.0 Å². The summed E-state index contributed by atoms with van der Waals surface area (Å²) in [5, 5.41) is 18.5. The summed E-state index contributed by atoms with van der Waals surface area (Å²) < 4.78 is 5.16. The van der Waals surface area contributed by atoms with Crippen molar-refractivity contribution >= 4 is 11.9 Å². The van der Waals surface area contributed by atoms with Crippen LogP contribution in [0.1, 0.15) is 26.7 Å². The van der Waals surface area contributed by atoms with Crippen LogP contribution in [0.3, 0.4) is 0 Å². The molecule has 1 amide bonds. The minimum atomic E-state index is -1.09. The summed E-state index contributed by atoms with van der Waals surface area (Å²) in [5.41, 5.74) is -1.03. The first-order valence-electron chi connectivity index (χ1n) is 5.62. The topological polar surface area (TPSA) is 87.1 Å². The van der Waals surface area contributed by atoms with E-state index in [1.807, 2.05) is 0 Å². The van der Waals surface area contributed by atoms with Crippen molar-refractivity contribution < 1.29 is 24.5 Å². The number of ether oxygens (including phenoxy) is 1. The second kappa shape index (κ2) is 5.01. The maximum absolute atomic E-state index is 12.2. The van der Waals surface area contributed by atoms with Crippen molar-refractivity contribution in [3.05, 3.63) is 0 Å². The summed E-state index contributed by atoms with van der Waals surface area (Å²) in [6, 6.07) is -0.960. The van der Waals surface area contributed by atoms with Crippen LogP contribution in [-0.4, -0.2) is 58.4 Å². The van der Waals surface area contributed by atoms with Crippen LogP contribution in [0, 0.1) is 0 Å². The van der Waals surface area contributed by atoms with E-state index in [9.17, 15) is 14.7 Å². The van der Waals surface area contributed by atoms with Gasteiger partial charge in [-0.05, 0) is 13.3 Å². The summed E-state index contributed by atoms with van der Waals surface area (Å²) in [5.74, 6) is -1.48. The monoisotopic (exact) mass is 245 g/mol. The molecule has 6 nitrogen and oxygen atoms in total. The number of nitrogens with zero attached hydrogens (tertiary/aromatic N) is 1. The fourth-order valence-corrected chi connectivity index (χ4v) is 1.96. The number of aliphatic hydroxyl groups excluding tert-OH is 1. The van der Waals surface area contributed by atoms with Gasteiger partial charge < -0.3 is 19.8 Å². The highest BCUT2D eigenvalue weighted by molar-refractivity contribution is 5.89. The van der Waals surface area contributed by atoms with Crippen molar-refractivity contribution in [3.63, 3.8) is 0 Å². The van der Waals surface area contributed by atoms with Crippen LogP contribution in [0.25, 0.3) is 0 Å². The molecule has 0 bridgehead atoms. The Bertz CT molecular complexity index is 313. The number of likely N-dealkylation sites (tertiary alicyclic amines) is 1. The highest BCUT2D eigenvalue weighted by Gasteiger charge is 2.45. The minimum absolute atomic E-state index is 0.0503. The molecule has 1 aliphatic rings. The zero-order valence-corrected chi connectivity index (χ0v) is 10.3. The zero-order chi connectivity index (χ0) is 13.2. The Morgan fingerprint density at radius 1 is 1.53 bits per heavy atom. The van der Waals surface area contributed by atoms with Crippen molar-refractivity contribution in [3.8, 4) is 0 Å². The number of carboxylic acids is 1. The number of aliphatic carboxylic acids is 1. The van der Waals surface area contributed by atoms with E-state index < -0.39 is 23.7 Å². The molecule has 0 aromatic carbocycles. The molecule has 2 N–H and O–H groups in total. The third kappa shape index (κ3) is 2.58. The SMILES string of the molecule is CCC(C)(OC)C(=O)N1CC(O)CC1C(=O)O. The van der Waals surface area contributed by atoms with Gasteiger partial charge in [0.2, 0.25) is 0 Å². The van der Waals surface area contributed by atoms with Crippen LogP contribution in [0.4, 0.5) is 0 Å². The predicted octanol–water partition coefficient (Wildman–Crippen LogP) is -0.152. The van der Waals surface area contributed by atoms with Crippen LogP contribution >= 0.6 is 0 Å². The Labute approximate surface area is 100 Å². The first-order valence-corrected chi connectivity index (χ1v) is 5.62. The number of hydrogen-bond acceptors (Lipinski definition) is 4. The summed E-state index contributed by atoms with van der Waals surface area (Å²) >= 11 is 0. The molecule has 1 heterocycles. The Kier molecular flexibility index (Phi) is 4.11. The van der Waals surface area contributed by atoms with Crippen molar-refractivity contribution in [2.24, 2.45) is 0 Å². The van der Waals surface area contributed by atoms with Gasteiger partial charge >= 0.3 is 5.97 Å². The molecule has 0 aliphatic carbocycles. The van der Waals surface area contributed by atoms with Gasteiger partial charge in [-0.1, -0.05) is 6.92 Å². The molecule has 6 heteroatoms. The summed E-state index contributed by atoms with van der Waals surface area (Å²) in [4.78, 5) is 24.4. The first-order chi connectivity index (χ1) is 7.85. The van der Waals surface area contributed by atoms with Crippen LogP contribution in [-0.2, 0) is 14.3 Å². The van der Waals surface area contributed by atoms with Gasteiger partial charge in [0.25, 0.3) is 5.91 Å². The van der Waals surface area contributed by atoms with Gasteiger partial charge in [-0.3, -0.25) is 4.79 Å². The number of β-amino-alcohol motifs (C(OH)–C–C–N with tert-alkyl or cyclic N) is 1. The second-order valence-electron chi connectivity index (χ2n) is 4.49. The molecule has 1 saturated heterocycles. The lowest BCUT2D eigenvalue weighted by atomic mass is 10.0. The molecular weight excluding hydrogens is 226 g/mol. The molecule has 1 aliphatic heterocycles. The van der Waals surface area contributed by atoms with Gasteiger partial charge in [0, 0.05) is 20.1 Å². The van der Waals surface area contributed by atoms with E-state index in [1.54, 1.807) is 13.8 Å². The van der Waals surface area contributed by atoms with Crippen molar-refractivity contribution in [1.82, 2.24) is 4.90 Å². The van der Waals surface area contributed by atoms with Crippen LogP contribution in [0.15, 0.2) is 0 Å². The van der Waals surface area contributed by atoms with E-state index in [-0.39, 0.29) is 18.9 Å². The number of aliphatic hydroxyl groups is 1. The average Bonchev–Trinajstić information content (AvgIpc) is 2.69. The predicted molar refractivity (Wildman–Crippen MR) is 59.5 cm³/mol. The number of carboxylic acid groups (broad SMARTS) is 1. The number of methoxy groups -OCH3 is 1. The molecule has 0 aromatic rings. The van der Waals surface area contributed by atoms with Crippen LogP contribution < -0.4 is 0 Å². The fourth-order valence-electron chi connectivity index (χ4n) is 1.96. The van der Waals surface area contributed by atoms with Crippen LogP contribution in [0.2, 0.25) is 0 Å². The quantitative estimate of drug-likeness (QED) is 0.719. The Hall–Kier alpha value is -1.14. The van der Waals surface area contributed by atoms with Gasteiger partial charge in [-0.2, -0.15) is 0 Å². The molecule has 1 fully saturated rings. The smallest absolute Gasteiger partial charge is 0.326 e. The van der Waals surface area contributed by atoms with Crippen molar-refractivity contribution in [2.45, 2.75) is 44.4 Å². The maximum Gasteiger partial charge on any atom is 0.326 e. The number of carbonyl (C=O) groups excluding carboxylic acids is 1. The molecule has 1 rings (SSSR count). The highest BCUT2D eigenvalue weighted by atomic mass is 16.5. The lowest BCUT2D eigenvalue weighted by Gasteiger charge is -2.32. The molecule has 3 atom stereocenters. The van der Waals surface area contributed by atoms with Gasteiger partial charge in [0.15, 0.2) is 0 Å². The standard InChI is InChI=1S/C11H19NO5/c1-4-11(2,17-3)10(16)12-6-7(13)5-8(12)9(14)15/h7-8,13H,4-6H2,1-3H3,(H,14,15). The third-order valence-corrected chi connectivity index (χ3v) is 3.40. The Morgan fingerprint density at radius 3 is 2.53 bits per heavy atom. The van der Waals surface area contributed by atoms with Gasteiger partial charge in [-0.15, -0.1) is 0 Å². The van der Waals surface area contributed by atoms with Gasteiger partial charge in [0.05, 0.1) is 6.10 Å². The minimum Gasteiger partial charge on any atom is -0.480 e. The summed E-state index contributed by atoms with van der Waals surface area (Å²) in [7, 11) is 1.42. The van der Waals surface area contributed by atoms with E-state index in [0.717, 1.165) is 0 Å². The lowest BCUT2D eigenvalue weighted by molar-refractivity contribution is -0.160. The molecule has 0 spiro atoms. The zero-order valence-electron chi connectivity index (χ0n) is 10.3. The number of hydrogen-bond donors (Lipinski definition) is 2. The number of amides is 1. The van der Waals surface area contributed by atoms with E-state index in [0.29, 0.717) is 6.42 Å². The van der Waals surface area contributed by atoms with Gasteiger partial charge in [0.1, 0.15) is 11.6 Å². The second-order valence-corrected chi connectivity index (χ2v) is 4.49. The third-order valence-electron chi connectivity index (χ3n) is 3.40. The summed E-state index contributed by atoms with van der Waals surface area (Å²) in [6.07, 6.45) is -0.260. The Morgan fingerprint density at radius 2 is 2.12 bits per heavy atom. The maximum atomic E-state index is 12.2. The largest absolute Gasteiger partial charge is 0.480 e. The normalized spacial score (nSPS) is 27.9. The molecule has 0 aromatic heterocycles. The molecule has 3 unspecified atom stereocenters. The first kappa shape index (κ1) is 13.9. The van der Waals surface area contributed by atoms with Crippen molar-refractivity contribution in [1.29, 1.82) is 0 Å². The Balaban J connectivity index is 2.91.